The molecule has 0 aromatic heterocycles. The quantitative estimate of drug-likeness (QED) is 0.474. The Bertz CT molecular complexity index is 436. The Kier molecular flexibility index (Phi) is 3.31. The number of nitrogens with zero attached hydrogens (tertiary/aromatic N) is 2. The average molecular weight is 221 g/mol. The third kappa shape index (κ3) is 2.48. The van der Waals surface area contributed by atoms with Gasteiger partial charge in [0.15, 0.2) is 0 Å². The van der Waals surface area contributed by atoms with Gasteiger partial charge in [0.05, 0.1) is 16.0 Å². The summed E-state index contributed by atoms with van der Waals surface area (Å²) in [6, 6.07) is 7.52. The molecule has 0 fully saturated rings. The Balaban J connectivity index is 3.03. The van der Waals surface area contributed by atoms with Gasteiger partial charge in [-0.2, -0.15) is 5.26 Å². The van der Waals surface area contributed by atoms with Gasteiger partial charge in [-0.05, 0) is 5.56 Å². The van der Waals surface area contributed by atoms with Gasteiger partial charge in [0.25, 0.3) is 5.69 Å². The average Bonchev–Trinajstić information content (AvgIpc) is 2.19. The molecule has 0 radical (unpaired) electrons. The first-order valence-corrected chi connectivity index (χ1v) is 4.40. The molecule has 0 saturated carbocycles. The molecule has 2 N–H and O–H groups in total. The van der Waals surface area contributed by atoms with Gasteiger partial charge in [0.1, 0.15) is 5.92 Å². The Labute approximate surface area is 91.3 Å². The summed E-state index contributed by atoms with van der Waals surface area (Å²) in [6.45, 7) is 0. The molecule has 0 aliphatic rings. The van der Waals surface area contributed by atoms with Crippen molar-refractivity contribution < 1.29 is 4.92 Å². The van der Waals surface area contributed by atoms with Crippen LogP contribution in [0.4, 0.5) is 5.69 Å². The molecule has 6 heteroatoms. The van der Waals surface area contributed by atoms with E-state index in [4.69, 9.17) is 23.2 Å². The van der Waals surface area contributed by atoms with Crippen LogP contribution in [0.25, 0.3) is 0 Å². The molecule has 0 spiro atoms. The molecule has 0 amide bonds. The van der Waals surface area contributed by atoms with Gasteiger partial charge in [0, 0.05) is 12.1 Å². The van der Waals surface area contributed by atoms with E-state index in [0.29, 0.717) is 5.56 Å². The highest BCUT2D eigenvalue weighted by Crippen LogP contribution is 2.19. The lowest BCUT2D eigenvalue weighted by Crippen LogP contribution is -2.17. The van der Waals surface area contributed by atoms with E-state index < -0.39 is 10.8 Å². The zero-order valence-corrected chi connectivity index (χ0v) is 8.40. The van der Waals surface area contributed by atoms with Crippen molar-refractivity contribution in [2.45, 2.75) is 5.92 Å². The molecular formula is C9H7N3O2S. The summed E-state index contributed by atoms with van der Waals surface area (Å²) in [5.74, 6) is -0.694. The molecular weight excluding hydrogens is 214 g/mol. The third-order valence-corrected chi connectivity index (χ3v) is 2.09. The number of non-ortho nitro benzene ring substituents is 1. The van der Waals surface area contributed by atoms with E-state index in [9.17, 15) is 10.1 Å². The van der Waals surface area contributed by atoms with E-state index in [1.54, 1.807) is 0 Å². The van der Waals surface area contributed by atoms with Gasteiger partial charge in [-0.3, -0.25) is 10.1 Å². The molecule has 1 atom stereocenters. The van der Waals surface area contributed by atoms with Crippen LogP contribution >= 0.6 is 12.2 Å². The predicted molar refractivity (Wildman–Crippen MR) is 58.2 cm³/mol. The molecule has 1 aromatic rings. The van der Waals surface area contributed by atoms with Gasteiger partial charge in [-0.1, -0.05) is 24.4 Å². The summed E-state index contributed by atoms with van der Waals surface area (Å²) in [4.78, 5) is 9.93. The van der Waals surface area contributed by atoms with Crippen LogP contribution in [0.15, 0.2) is 24.3 Å². The minimum absolute atomic E-state index is 0.0293. The van der Waals surface area contributed by atoms with Gasteiger partial charge in [-0.25, -0.2) is 0 Å². The van der Waals surface area contributed by atoms with Gasteiger partial charge in [0.2, 0.25) is 0 Å². The zero-order valence-electron chi connectivity index (χ0n) is 7.58. The largest absolute Gasteiger partial charge is 0.392 e. The smallest absolute Gasteiger partial charge is 0.269 e. The van der Waals surface area contributed by atoms with Gasteiger partial charge >= 0.3 is 0 Å². The number of nitriles is 1. The van der Waals surface area contributed by atoms with E-state index in [0.717, 1.165) is 0 Å². The van der Waals surface area contributed by atoms with Crippen LogP contribution in [-0.4, -0.2) is 9.91 Å². The first-order chi connectivity index (χ1) is 7.06. The number of nitrogens with two attached hydrogens (primary N) is 1. The SMILES string of the molecule is N#CC(C(N)=S)c1ccc([N+](=O)[O-])cc1. The van der Waals surface area contributed by atoms with Crippen molar-refractivity contribution in [1.29, 1.82) is 5.26 Å². The van der Waals surface area contributed by atoms with Crippen LogP contribution in [0.3, 0.4) is 0 Å². The second-order valence-corrected chi connectivity index (χ2v) is 3.28. The number of benzene rings is 1. The Morgan fingerprint density at radius 2 is 2.07 bits per heavy atom. The van der Waals surface area contributed by atoms with E-state index in [2.05, 4.69) is 0 Å². The highest BCUT2D eigenvalue weighted by atomic mass is 32.1. The lowest BCUT2D eigenvalue weighted by atomic mass is 10.0. The molecule has 0 bridgehead atoms. The lowest BCUT2D eigenvalue weighted by molar-refractivity contribution is -0.384. The summed E-state index contributed by atoms with van der Waals surface area (Å²) in [6.07, 6.45) is 0. The summed E-state index contributed by atoms with van der Waals surface area (Å²) in [5.41, 5.74) is 5.89. The highest BCUT2D eigenvalue weighted by molar-refractivity contribution is 7.80. The van der Waals surface area contributed by atoms with E-state index >= 15 is 0 Å². The first-order valence-electron chi connectivity index (χ1n) is 3.99. The van der Waals surface area contributed by atoms with Crippen molar-refractivity contribution in [2.24, 2.45) is 5.73 Å². The second kappa shape index (κ2) is 4.48. The molecule has 76 valence electrons. The standard InChI is InChI=1S/C9H7N3O2S/c10-5-8(9(11)15)6-1-3-7(4-2-6)12(13)14/h1-4,8H,(H2,11,15). The fraction of sp³-hybridized carbons (Fsp3) is 0.111. The number of thiocarbonyl (C=S) groups is 1. The van der Waals surface area contributed by atoms with Crippen molar-refractivity contribution in [2.75, 3.05) is 0 Å². The Morgan fingerprint density at radius 3 is 2.40 bits per heavy atom. The van der Waals surface area contributed by atoms with Crippen LogP contribution in [0.5, 0.6) is 0 Å². The topological polar surface area (TPSA) is 93.0 Å². The van der Waals surface area contributed by atoms with E-state index in [1.165, 1.54) is 24.3 Å². The minimum atomic E-state index is -0.694. The molecule has 1 aromatic carbocycles. The van der Waals surface area contributed by atoms with Crippen molar-refractivity contribution >= 4 is 22.9 Å². The molecule has 1 unspecified atom stereocenters. The summed E-state index contributed by atoms with van der Waals surface area (Å²) >= 11 is 4.70. The van der Waals surface area contributed by atoms with Crippen LogP contribution in [-0.2, 0) is 0 Å². The van der Waals surface area contributed by atoms with Gasteiger partial charge in [-0.15, -0.1) is 0 Å². The Morgan fingerprint density at radius 1 is 1.53 bits per heavy atom. The molecule has 0 aliphatic heterocycles. The molecule has 0 saturated heterocycles. The monoisotopic (exact) mass is 221 g/mol. The normalized spacial score (nSPS) is 11.4. The number of nitro groups is 1. The van der Waals surface area contributed by atoms with Crippen molar-refractivity contribution in [1.82, 2.24) is 0 Å². The highest BCUT2D eigenvalue weighted by Gasteiger charge is 2.14. The number of hydrogen-bond donors (Lipinski definition) is 1. The summed E-state index contributed by atoms with van der Waals surface area (Å²) in [5, 5.41) is 19.2. The summed E-state index contributed by atoms with van der Waals surface area (Å²) < 4.78 is 0. The van der Waals surface area contributed by atoms with E-state index in [1.807, 2.05) is 6.07 Å². The number of rotatable bonds is 3. The molecule has 15 heavy (non-hydrogen) atoms. The second-order valence-electron chi connectivity index (χ2n) is 2.81. The summed E-state index contributed by atoms with van der Waals surface area (Å²) in [7, 11) is 0. The number of hydrogen-bond acceptors (Lipinski definition) is 4. The van der Waals surface area contributed by atoms with Crippen LogP contribution in [0.1, 0.15) is 11.5 Å². The minimum Gasteiger partial charge on any atom is -0.392 e. The van der Waals surface area contributed by atoms with Crippen LogP contribution in [0, 0.1) is 21.4 Å². The predicted octanol–water partition coefficient (Wildman–Crippen LogP) is 1.49. The molecule has 5 nitrogen and oxygen atoms in total. The third-order valence-electron chi connectivity index (χ3n) is 1.85. The molecule has 0 aliphatic carbocycles. The first kappa shape index (κ1) is 11.1. The lowest BCUT2D eigenvalue weighted by Gasteiger charge is -2.05. The van der Waals surface area contributed by atoms with Crippen molar-refractivity contribution in [3.8, 4) is 6.07 Å². The van der Waals surface area contributed by atoms with Crippen LogP contribution in [0.2, 0.25) is 0 Å². The molecule has 0 heterocycles. The maximum Gasteiger partial charge on any atom is 0.269 e. The Hall–Kier alpha value is -2.00. The number of nitro benzene ring substituents is 1. The fourth-order valence-corrected chi connectivity index (χ4v) is 1.28. The molecule has 1 rings (SSSR count). The fourth-order valence-electron chi connectivity index (χ4n) is 1.09. The maximum absolute atomic E-state index is 10.4. The van der Waals surface area contributed by atoms with Crippen LogP contribution < -0.4 is 5.73 Å². The maximum atomic E-state index is 10.4. The zero-order chi connectivity index (χ0) is 11.4. The van der Waals surface area contributed by atoms with Gasteiger partial charge < -0.3 is 5.73 Å². The van der Waals surface area contributed by atoms with E-state index in [-0.39, 0.29) is 10.7 Å². The van der Waals surface area contributed by atoms with Crippen molar-refractivity contribution in [3.05, 3.63) is 39.9 Å². The van der Waals surface area contributed by atoms with Crippen molar-refractivity contribution in [3.63, 3.8) is 0 Å².